The molecule has 0 saturated heterocycles. The topological polar surface area (TPSA) is 46.2 Å². The third-order valence-electron chi connectivity index (χ3n) is 4.40. The van der Waals surface area contributed by atoms with Crippen molar-refractivity contribution in [2.45, 2.75) is 67.2 Å². The van der Waals surface area contributed by atoms with Crippen LogP contribution in [0.5, 0.6) is 0 Å². The van der Waals surface area contributed by atoms with Crippen LogP contribution in [0.4, 0.5) is 5.69 Å². The van der Waals surface area contributed by atoms with E-state index in [0.717, 1.165) is 30.5 Å². The number of carbonyl (C=O) groups excluding carboxylic acids is 2. The summed E-state index contributed by atoms with van der Waals surface area (Å²) in [6.45, 7) is 12.5. The third-order valence-corrected chi connectivity index (χ3v) is 4.40. The Bertz CT molecular complexity index is 544. The molecule has 0 aliphatic rings. The minimum absolute atomic E-state index is 0.0640. The predicted molar refractivity (Wildman–Crippen MR) is 106 cm³/mol. The molecule has 1 amide bonds. The average molecular weight is 346 g/mol. The summed E-state index contributed by atoms with van der Waals surface area (Å²) in [7, 11) is 0. The fraction of sp³-hybridized carbons (Fsp3) is 0.636. The molecule has 3 nitrogen and oxygen atoms in total. The van der Waals surface area contributed by atoms with Gasteiger partial charge in [-0.3, -0.25) is 9.59 Å². The zero-order valence-electron chi connectivity index (χ0n) is 16.8. The lowest BCUT2D eigenvalue weighted by atomic mass is 9.84. The largest absolute Gasteiger partial charge is 0.326 e. The van der Waals surface area contributed by atoms with Gasteiger partial charge in [0.15, 0.2) is 0 Å². The molecule has 0 radical (unpaired) electrons. The van der Waals surface area contributed by atoms with E-state index >= 15 is 0 Å². The first-order chi connectivity index (χ1) is 11.7. The van der Waals surface area contributed by atoms with Gasteiger partial charge in [-0.2, -0.15) is 0 Å². The summed E-state index contributed by atoms with van der Waals surface area (Å²) in [6.07, 6.45) is 3.15. The number of benzene rings is 1. The summed E-state index contributed by atoms with van der Waals surface area (Å²) in [4.78, 5) is 24.4. The lowest BCUT2D eigenvalue weighted by Gasteiger charge is -2.20. The van der Waals surface area contributed by atoms with Crippen molar-refractivity contribution in [1.82, 2.24) is 0 Å². The Kier molecular flexibility index (Phi) is 8.88. The maximum atomic E-state index is 12.5. The molecule has 0 bridgehead atoms. The van der Waals surface area contributed by atoms with Gasteiger partial charge in [-0.15, -0.1) is 0 Å². The summed E-state index contributed by atoms with van der Waals surface area (Å²) < 4.78 is 0. The Labute approximate surface area is 153 Å². The molecule has 0 unspecified atom stereocenters. The molecule has 0 aliphatic heterocycles. The first-order valence-corrected chi connectivity index (χ1v) is 9.61. The molecule has 0 aliphatic carbocycles. The van der Waals surface area contributed by atoms with Crippen molar-refractivity contribution in [3.8, 4) is 0 Å². The molecule has 0 saturated carbocycles. The monoisotopic (exact) mass is 345 g/mol. The maximum Gasteiger partial charge on any atom is 0.224 e. The van der Waals surface area contributed by atoms with E-state index in [1.807, 2.05) is 38.1 Å². The van der Waals surface area contributed by atoms with Crippen molar-refractivity contribution >= 4 is 17.4 Å². The van der Waals surface area contributed by atoms with Crippen LogP contribution in [0.2, 0.25) is 0 Å². The van der Waals surface area contributed by atoms with Crippen LogP contribution in [0.15, 0.2) is 24.3 Å². The quantitative estimate of drug-likeness (QED) is 0.609. The van der Waals surface area contributed by atoms with Crippen LogP contribution in [0.3, 0.4) is 0 Å². The van der Waals surface area contributed by atoms with Gasteiger partial charge in [-0.1, -0.05) is 53.7 Å². The van der Waals surface area contributed by atoms with Gasteiger partial charge in [0.05, 0.1) is 0 Å². The van der Waals surface area contributed by atoms with Crippen LogP contribution in [0.25, 0.3) is 0 Å². The SMILES string of the molecule is CC(C)CCC(=O)Nc1ccc(C[C@H](CC(C)C)C(=O)C(C)C)cc1. The minimum Gasteiger partial charge on any atom is -0.326 e. The Balaban J connectivity index is 2.67. The number of anilines is 1. The molecule has 1 atom stereocenters. The smallest absolute Gasteiger partial charge is 0.224 e. The van der Waals surface area contributed by atoms with E-state index in [4.69, 9.17) is 0 Å². The van der Waals surface area contributed by atoms with Crippen LogP contribution < -0.4 is 5.32 Å². The lowest BCUT2D eigenvalue weighted by molar-refractivity contribution is -0.126. The second-order valence-corrected chi connectivity index (χ2v) is 8.27. The molecule has 25 heavy (non-hydrogen) atoms. The first-order valence-electron chi connectivity index (χ1n) is 9.61. The van der Waals surface area contributed by atoms with Crippen molar-refractivity contribution in [2.24, 2.45) is 23.7 Å². The zero-order chi connectivity index (χ0) is 19.0. The van der Waals surface area contributed by atoms with E-state index in [1.54, 1.807) is 0 Å². The van der Waals surface area contributed by atoms with E-state index in [0.29, 0.717) is 24.0 Å². The Morgan fingerprint density at radius 1 is 0.920 bits per heavy atom. The summed E-state index contributed by atoms with van der Waals surface area (Å²) >= 11 is 0. The van der Waals surface area contributed by atoms with Crippen LogP contribution in [-0.4, -0.2) is 11.7 Å². The van der Waals surface area contributed by atoms with Crippen molar-refractivity contribution in [3.05, 3.63) is 29.8 Å². The average Bonchev–Trinajstić information content (AvgIpc) is 2.52. The van der Waals surface area contributed by atoms with Crippen LogP contribution in [0.1, 0.15) is 66.4 Å². The van der Waals surface area contributed by atoms with Crippen molar-refractivity contribution in [2.75, 3.05) is 5.32 Å². The van der Waals surface area contributed by atoms with E-state index in [2.05, 4.69) is 33.0 Å². The first kappa shape index (κ1) is 21.4. The molecule has 1 aromatic carbocycles. The Hall–Kier alpha value is -1.64. The van der Waals surface area contributed by atoms with Gasteiger partial charge < -0.3 is 5.32 Å². The normalized spacial score (nSPS) is 12.7. The van der Waals surface area contributed by atoms with Crippen LogP contribution in [0, 0.1) is 23.7 Å². The van der Waals surface area contributed by atoms with Gasteiger partial charge in [0, 0.05) is 23.9 Å². The number of nitrogens with one attached hydrogen (secondary N) is 1. The van der Waals surface area contributed by atoms with E-state index < -0.39 is 0 Å². The van der Waals surface area contributed by atoms with Crippen LogP contribution >= 0.6 is 0 Å². The Morgan fingerprint density at radius 2 is 1.52 bits per heavy atom. The van der Waals surface area contributed by atoms with Gasteiger partial charge in [0.2, 0.25) is 5.91 Å². The van der Waals surface area contributed by atoms with Crippen LogP contribution in [-0.2, 0) is 16.0 Å². The summed E-state index contributed by atoms with van der Waals surface area (Å²) in [5, 5.41) is 2.95. The molecule has 1 aromatic rings. The molecular formula is C22H35NO2. The number of hydrogen-bond donors (Lipinski definition) is 1. The van der Waals surface area contributed by atoms with Gasteiger partial charge in [-0.05, 0) is 48.8 Å². The second kappa shape index (κ2) is 10.4. The molecule has 0 spiro atoms. The number of carbonyl (C=O) groups is 2. The van der Waals surface area contributed by atoms with E-state index in [1.165, 1.54) is 0 Å². The number of rotatable bonds is 10. The number of hydrogen-bond acceptors (Lipinski definition) is 2. The molecule has 1 N–H and O–H groups in total. The van der Waals surface area contributed by atoms with Gasteiger partial charge in [0.25, 0.3) is 0 Å². The summed E-state index contributed by atoms with van der Waals surface area (Å²) in [6, 6.07) is 7.93. The fourth-order valence-corrected chi connectivity index (χ4v) is 2.99. The van der Waals surface area contributed by atoms with Gasteiger partial charge in [-0.25, -0.2) is 0 Å². The summed E-state index contributed by atoms with van der Waals surface area (Å²) in [5.41, 5.74) is 1.98. The molecule has 1 rings (SSSR count). The highest BCUT2D eigenvalue weighted by Gasteiger charge is 2.22. The summed E-state index contributed by atoms with van der Waals surface area (Å²) in [5.74, 6) is 1.60. The highest BCUT2D eigenvalue weighted by molar-refractivity contribution is 5.90. The number of ketones is 1. The third kappa shape index (κ3) is 8.33. The molecule has 3 heteroatoms. The van der Waals surface area contributed by atoms with Gasteiger partial charge in [0.1, 0.15) is 5.78 Å². The molecule has 0 aromatic heterocycles. The number of Topliss-reactive ketones (excluding diaryl/α,β-unsaturated/α-hetero) is 1. The Morgan fingerprint density at radius 3 is 2.00 bits per heavy atom. The maximum absolute atomic E-state index is 12.5. The molecular weight excluding hydrogens is 310 g/mol. The van der Waals surface area contributed by atoms with E-state index in [-0.39, 0.29) is 17.7 Å². The second-order valence-electron chi connectivity index (χ2n) is 8.27. The minimum atomic E-state index is 0.0640. The van der Waals surface area contributed by atoms with Crippen molar-refractivity contribution in [3.63, 3.8) is 0 Å². The lowest BCUT2D eigenvalue weighted by Crippen LogP contribution is -2.23. The highest BCUT2D eigenvalue weighted by atomic mass is 16.1. The standard InChI is InChI=1S/C22H35NO2/c1-15(2)7-12-21(24)23-20-10-8-18(9-11-20)14-19(13-16(3)4)22(25)17(5)6/h8-11,15-17,19H,7,12-14H2,1-6H3,(H,23,24)/t19-/m0/s1. The molecule has 0 heterocycles. The molecule has 140 valence electrons. The van der Waals surface area contributed by atoms with Crippen molar-refractivity contribution < 1.29 is 9.59 Å². The van der Waals surface area contributed by atoms with Crippen molar-refractivity contribution in [1.29, 1.82) is 0 Å². The zero-order valence-corrected chi connectivity index (χ0v) is 16.8. The number of amides is 1. The highest BCUT2D eigenvalue weighted by Crippen LogP contribution is 2.22. The van der Waals surface area contributed by atoms with E-state index in [9.17, 15) is 9.59 Å². The molecule has 0 fully saturated rings. The fourth-order valence-electron chi connectivity index (χ4n) is 2.99. The van der Waals surface area contributed by atoms with Gasteiger partial charge >= 0.3 is 0 Å². The predicted octanol–water partition coefficient (Wildman–Crippen LogP) is 5.49.